The van der Waals surface area contributed by atoms with Gasteiger partial charge < -0.3 is 10.6 Å². The molecular formula is C16H17FN2O. The summed E-state index contributed by atoms with van der Waals surface area (Å²) in [5.41, 5.74) is 2.31. The molecule has 0 bridgehead atoms. The molecule has 104 valence electrons. The molecule has 0 aliphatic carbocycles. The Morgan fingerprint density at radius 2 is 1.70 bits per heavy atom. The normalized spacial score (nSPS) is 10.1. The number of aryl methyl sites for hydroxylation is 1. The van der Waals surface area contributed by atoms with Gasteiger partial charge in [-0.1, -0.05) is 43.3 Å². The van der Waals surface area contributed by atoms with Crippen LogP contribution in [0, 0.1) is 5.82 Å². The molecule has 2 N–H and O–H groups in total. The number of benzene rings is 2. The molecule has 0 radical (unpaired) electrons. The minimum Gasteiger partial charge on any atom is -0.334 e. The zero-order valence-corrected chi connectivity index (χ0v) is 11.3. The van der Waals surface area contributed by atoms with E-state index in [2.05, 4.69) is 10.6 Å². The Balaban J connectivity index is 1.95. The predicted octanol–water partition coefficient (Wildman–Crippen LogP) is 3.71. The second-order valence-electron chi connectivity index (χ2n) is 4.41. The van der Waals surface area contributed by atoms with Crippen LogP contribution in [-0.4, -0.2) is 6.03 Å². The molecule has 20 heavy (non-hydrogen) atoms. The second kappa shape index (κ2) is 6.70. The molecule has 0 heterocycles. The summed E-state index contributed by atoms with van der Waals surface area (Å²) < 4.78 is 13.4. The fraction of sp³-hybridized carbons (Fsp3) is 0.188. The highest BCUT2D eigenvalue weighted by Gasteiger charge is 2.06. The van der Waals surface area contributed by atoms with E-state index in [0.29, 0.717) is 5.56 Å². The smallest absolute Gasteiger partial charge is 0.319 e. The second-order valence-corrected chi connectivity index (χ2v) is 4.41. The highest BCUT2D eigenvalue weighted by Crippen LogP contribution is 2.15. The summed E-state index contributed by atoms with van der Waals surface area (Å²) in [6.45, 7) is 2.19. The summed E-state index contributed by atoms with van der Waals surface area (Å²) in [7, 11) is 0. The molecule has 0 saturated carbocycles. The van der Waals surface area contributed by atoms with Crippen molar-refractivity contribution >= 4 is 11.7 Å². The standard InChI is InChI=1S/C16H17FN2O/c1-2-12-7-4-6-10-15(12)19-16(20)18-11-13-8-3-5-9-14(13)17/h3-10H,2,11H2,1H3,(H2,18,19,20). The molecule has 0 saturated heterocycles. The Bertz CT molecular complexity index is 599. The van der Waals surface area contributed by atoms with E-state index < -0.39 is 0 Å². The molecule has 4 heteroatoms. The van der Waals surface area contributed by atoms with Crippen LogP contribution in [0.5, 0.6) is 0 Å². The van der Waals surface area contributed by atoms with Gasteiger partial charge >= 0.3 is 6.03 Å². The van der Waals surface area contributed by atoms with E-state index >= 15 is 0 Å². The molecule has 0 fully saturated rings. The van der Waals surface area contributed by atoms with Crippen molar-refractivity contribution in [1.29, 1.82) is 0 Å². The average Bonchev–Trinajstić information content (AvgIpc) is 2.47. The highest BCUT2D eigenvalue weighted by atomic mass is 19.1. The van der Waals surface area contributed by atoms with Gasteiger partial charge in [-0.15, -0.1) is 0 Å². The summed E-state index contributed by atoms with van der Waals surface area (Å²) in [5.74, 6) is -0.318. The summed E-state index contributed by atoms with van der Waals surface area (Å²) in [4.78, 5) is 11.8. The van der Waals surface area contributed by atoms with Gasteiger partial charge in [0.1, 0.15) is 5.82 Å². The number of carbonyl (C=O) groups is 1. The third kappa shape index (κ3) is 3.57. The van der Waals surface area contributed by atoms with Gasteiger partial charge in [0.25, 0.3) is 0 Å². The van der Waals surface area contributed by atoms with Crippen molar-refractivity contribution < 1.29 is 9.18 Å². The van der Waals surface area contributed by atoms with Crippen LogP contribution in [0.4, 0.5) is 14.9 Å². The van der Waals surface area contributed by atoms with Crippen molar-refractivity contribution in [3.05, 3.63) is 65.5 Å². The van der Waals surface area contributed by atoms with Crippen molar-refractivity contribution in [3.8, 4) is 0 Å². The quantitative estimate of drug-likeness (QED) is 0.875. The highest BCUT2D eigenvalue weighted by molar-refractivity contribution is 5.90. The number of hydrogen-bond acceptors (Lipinski definition) is 1. The molecule has 3 nitrogen and oxygen atoms in total. The molecule has 0 spiro atoms. The minimum atomic E-state index is -0.339. The van der Waals surface area contributed by atoms with Crippen LogP contribution >= 0.6 is 0 Å². The molecule has 2 amide bonds. The Morgan fingerprint density at radius 3 is 2.40 bits per heavy atom. The summed E-state index contributed by atoms with van der Waals surface area (Å²) in [6.07, 6.45) is 0.837. The van der Waals surface area contributed by atoms with E-state index in [-0.39, 0.29) is 18.4 Å². The van der Waals surface area contributed by atoms with Gasteiger partial charge in [0.2, 0.25) is 0 Å². The minimum absolute atomic E-state index is 0.160. The van der Waals surface area contributed by atoms with E-state index in [1.165, 1.54) is 6.07 Å². The van der Waals surface area contributed by atoms with E-state index in [1.54, 1.807) is 18.2 Å². The number of para-hydroxylation sites is 1. The lowest BCUT2D eigenvalue weighted by Crippen LogP contribution is -2.28. The van der Waals surface area contributed by atoms with E-state index in [9.17, 15) is 9.18 Å². The first-order valence-electron chi connectivity index (χ1n) is 6.57. The summed E-state index contributed by atoms with van der Waals surface area (Å²) in [6, 6.07) is 13.7. The molecular weight excluding hydrogens is 255 g/mol. The average molecular weight is 272 g/mol. The topological polar surface area (TPSA) is 41.1 Å². The lowest BCUT2D eigenvalue weighted by molar-refractivity contribution is 0.251. The number of amides is 2. The molecule has 2 aromatic carbocycles. The first-order chi connectivity index (χ1) is 9.70. The van der Waals surface area contributed by atoms with Crippen molar-refractivity contribution in [3.63, 3.8) is 0 Å². The fourth-order valence-corrected chi connectivity index (χ4v) is 1.93. The van der Waals surface area contributed by atoms with Crippen LogP contribution < -0.4 is 10.6 Å². The fourth-order valence-electron chi connectivity index (χ4n) is 1.93. The predicted molar refractivity (Wildman–Crippen MR) is 78.1 cm³/mol. The molecule has 0 aromatic heterocycles. The van der Waals surface area contributed by atoms with Gasteiger partial charge in [-0.2, -0.15) is 0 Å². The largest absolute Gasteiger partial charge is 0.334 e. The Morgan fingerprint density at radius 1 is 1.05 bits per heavy atom. The van der Waals surface area contributed by atoms with Gasteiger partial charge in [0.05, 0.1) is 0 Å². The molecule has 2 rings (SSSR count). The van der Waals surface area contributed by atoms with E-state index in [4.69, 9.17) is 0 Å². The van der Waals surface area contributed by atoms with E-state index in [1.807, 2.05) is 31.2 Å². The van der Waals surface area contributed by atoms with Crippen LogP contribution in [0.1, 0.15) is 18.1 Å². The maximum Gasteiger partial charge on any atom is 0.319 e. The van der Waals surface area contributed by atoms with Crippen molar-refractivity contribution in [2.45, 2.75) is 19.9 Å². The van der Waals surface area contributed by atoms with Crippen LogP contribution in [0.25, 0.3) is 0 Å². The first-order valence-corrected chi connectivity index (χ1v) is 6.57. The molecule has 0 unspecified atom stereocenters. The van der Waals surface area contributed by atoms with Crippen molar-refractivity contribution in [1.82, 2.24) is 5.32 Å². The molecule has 0 aliphatic rings. The van der Waals surface area contributed by atoms with Gasteiger partial charge in [-0.3, -0.25) is 0 Å². The Labute approximate surface area is 117 Å². The van der Waals surface area contributed by atoms with Crippen LogP contribution in [-0.2, 0) is 13.0 Å². The number of halogens is 1. The SMILES string of the molecule is CCc1ccccc1NC(=O)NCc1ccccc1F. The van der Waals surface area contributed by atoms with Crippen LogP contribution in [0.15, 0.2) is 48.5 Å². The molecule has 0 aliphatic heterocycles. The number of nitrogens with one attached hydrogen (secondary N) is 2. The zero-order chi connectivity index (χ0) is 14.4. The summed E-state index contributed by atoms with van der Waals surface area (Å²) in [5, 5.41) is 5.43. The lowest BCUT2D eigenvalue weighted by Gasteiger charge is -2.11. The number of anilines is 1. The van der Waals surface area contributed by atoms with Gasteiger partial charge in [-0.25, -0.2) is 9.18 Å². The maximum absolute atomic E-state index is 13.4. The monoisotopic (exact) mass is 272 g/mol. The number of urea groups is 1. The number of rotatable bonds is 4. The van der Waals surface area contributed by atoms with Gasteiger partial charge in [0.15, 0.2) is 0 Å². The number of carbonyl (C=O) groups excluding carboxylic acids is 1. The lowest BCUT2D eigenvalue weighted by atomic mass is 10.1. The Kier molecular flexibility index (Phi) is 4.71. The third-order valence-electron chi connectivity index (χ3n) is 3.04. The van der Waals surface area contributed by atoms with E-state index in [0.717, 1.165) is 17.7 Å². The van der Waals surface area contributed by atoms with Crippen molar-refractivity contribution in [2.75, 3.05) is 5.32 Å². The first kappa shape index (κ1) is 14.1. The van der Waals surface area contributed by atoms with Gasteiger partial charge in [-0.05, 0) is 24.1 Å². The third-order valence-corrected chi connectivity index (χ3v) is 3.04. The molecule has 2 aromatic rings. The van der Waals surface area contributed by atoms with Crippen LogP contribution in [0.2, 0.25) is 0 Å². The van der Waals surface area contributed by atoms with Crippen molar-refractivity contribution in [2.24, 2.45) is 0 Å². The molecule has 0 atom stereocenters. The zero-order valence-electron chi connectivity index (χ0n) is 11.3. The Hall–Kier alpha value is -2.36. The van der Waals surface area contributed by atoms with Gasteiger partial charge in [0, 0.05) is 17.8 Å². The summed E-state index contributed by atoms with van der Waals surface area (Å²) >= 11 is 0. The maximum atomic E-state index is 13.4. The number of hydrogen-bond donors (Lipinski definition) is 2. The van der Waals surface area contributed by atoms with Crippen LogP contribution in [0.3, 0.4) is 0 Å².